The molecule has 0 aromatic heterocycles. The van der Waals surface area contributed by atoms with E-state index in [0.29, 0.717) is 19.4 Å². The molecule has 0 bridgehead atoms. The second-order valence-corrected chi connectivity index (χ2v) is 7.51. The standard InChI is InChI=1S/C12H15BrO3S/c13-11-3-1-10(2-4-11)9-16-12-5-7-17(14,15)8-6-12/h1-4,12H,5-9H2. The number of rotatable bonds is 3. The molecule has 94 valence electrons. The fraction of sp³-hybridized carbons (Fsp3) is 0.500. The number of benzene rings is 1. The van der Waals surface area contributed by atoms with Gasteiger partial charge in [-0.25, -0.2) is 8.42 Å². The lowest BCUT2D eigenvalue weighted by Gasteiger charge is -2.22. The van der Waals surface area contributed by atoms with Crippen molar-refractivity contribution in [2.24, 2.45) is 0 Å². The van der Waals surface area contributed by atoms with Crippen molar-refractivity contribution in [1.82, 2.24) is 0 Å². The van der Waals surface area contributed by atoms with Gasteiger partial charge in [-0.2, -0.15) is 0 Å². The Kier molecular flexibility index (Phi) is 4.22. The molecule has 0 atom stereocenters. The van der Waals surface area contributed by atoms with Crippen molar-refractivity contribution in [2.75, 3.05) is 11.5 Å². The Morgan fingerprint density at radius 3 is 2.35 bits per heavy atom. The van der Waals surface area contributed by atoms with Crippen LogP contribution >= 0.6 is 15.9 Å². The highest BCUT2D eigenvalue weighted by Crippen LogP contribution is 2.18. The van der Waals surface area contributed by atoms with Crippen LogP contribution in [0.2, 0.25) is 0 Å². The maximum atomic E-state index is 11.2. The third-order valence-corrected chi connectivity index (χ3v) is 5.14. The molecule has 0 spiro atoms. The smallest absolute Gasteiger partial charge is 0.150 e. The van der Waals surface area contributed by atoms with Gasteiger partial charge in [0.15, 0.2) is 9.84 Å². The molecule has 0 radical (unpaired) electrons. The van der Waals surface area contributed by atoms with E-state index in [-0.39, 0.29) is 17.6 Å². The molecule has 1 aromatic rings. The molecule has 0 saturated carbocycles. The quantitative estimate of drug-likeness (QED) is 0.860. The molecule has 17 heavy (non-hydrogen) atoms. The van der Waals surface area contributed by atoms with Crippen LogP contribution in [0, 0.1) is 0 Å². The monoisotopic (exact) mass is 318 g/mol. The molecular weight excluding hydrogens is 304 g/mol. The van der Waals surface area contributed by atoms with Crippen LogP contribution < -0.4 is 0 Å². The van der Waals surface area contributed by atoms with Crippen LogP contribution in [0.25, 0.3) is 0 Å². The van der Waals surface area contributed by atoms with Crippen LogP contribution in [0.3, 0.4) is 0 Å². The van der Waals surface area contributed by atoms with E-state index in [0.717, 1.165) is 10.0 Å². The third-order valence-electron chi connectivity index (χ3n) is 2.90. The Morgan fingerprint density at radius 2 is 1.76 bits per heavy atom. The predicted octanol–water partition coefficient (Wildman–Crippen LogP) is 2.54. The maximum Gasteiger partial charge on any atom is 0.150 e. The van der Waals surface area contributed by atoms with Crippen LogP contribution in [0.1, 0.15) is 18.4 Å². The van der Waals surface area contributed by atoms with Gasteiger partial charge in [-0.15, -0.1) is 0 Å². The summed E-state index contributed by atoms with van der Waals surface area (Å²) in [4.78, 5) is 0. The van der Waals surface area contributed by atoms with Gasteiger partial charge in [0.05, 0.1) is 24.2 Å². The first kappa shape index (κ1) is 13.1. The predicted molar refractivity (Wildman–Crippen MR) is 70.6 cm³/mol. The Balaban J connectivity index is 1.81. The summed E-state index contributed by atoms with van der Waals surface area (Å²) < 4.78 is 29.3. The van der Waals surface area contributed by atoms with Gasteiger partial charge in [0.25, 0.3) is 0 Å². The maximum absolute atomic E-state index is 11.2. The first-order valence-electron chi connectivity index (χ1n) is 5.62. The Morgan fingerprint density at radius 1 is 1.18 bits per heavy atom. The zero-order valence-corrected chi connectivity index (χ0v) is 11.8. The topological polar surface area (TPSA) is 43.4 Å². The minimum Gasteiger partial charge on any atom is -0.373 e. The van der Waals surface area contributed by atoms with Crippen molar-refractivity contribution in [3.05, 3.63) is 34.3 Å². The molecule has 1 fully saturated rings. The van der Waals surface area contributed by atoms with Gasteiger partial charge in [-0.3, -0.25) is 0 Å². The van der Waals surface area contributed by atoms with Crippen LogP contribution in [0.5, 0.6) is 0 Å². The van der Waals surface area contributed by atoms with Gasteiger partial charge in [0, 0.05) is 4.47 Å². The van der Waals surface area contributed by atoms with Gasteiger partial charge in [-0.05, 0) is 30.5 Å². The molecule has 0 amide bonds. The van der Waals surface area contributed by atoms with Crippen molar-refractivity contribution >= 4 is 25.8 Å². The molecule has 1 saturated heterocycles. The van der Waals surface area contributed by atoms with Gasteiger partial charge in [0.1, 0.15) is 0 Å². The minimum absolute atomic E-state index is 0.0853. The van der Waals surface area contributed by atoms with Gasteiger partial charge >= 0.3 is 0 Å². The first-order chi connectivity index (χ1) is 8.05. The van der Waals surface area contributed by atoms with Crippen molar-refractivity contribution in [3.8, 4) is 0 Å². The van der Waals surface area contributed by atoms with E-state index in [1.54, 1.807) is 0 Å². The summed E-state index contributed by atoms with van der Waals surface area (Å²) in [6, 6.07) is 7.96. The molecule has 0 aliphatic carbocycles. The molecule has 0 unspecified atom stereocenters. The molecule has 1 aromatic carbocycles. The fourth-order valence-electron chi connectivity index (χ4n) is 1.83. The Labute approximate surface area is 110 Å². The van der Waals surface area contributed by atoms with Gasteiger partial charge in [-0.1, -0.05) is 28.1 Å². The molecule has 3 nitrogen and oxygen atoms in total. The van der Waals surface area contributed by atoms with E-state index in [1.807, 2.05) is 24.3 Å². The highest BCUT2D eigenvalue weighted by molar-refractivity contribution is 9.10. The van der Waals surface area contributed by atoms with E-state index in [1.165, 1.54) is 0 Å². The molecule has 1 aliphatic rings. The molecule has 5 heteroatoms. The third kappa shape index (κ3) is 4.08. The lowest BCUT2D eigenvalue weighted by molar-refractivity contribution is 0.0345. The van der Waals surface area contributed by atoms with E-state index in [9.17, 15) is 8.42 Å². The van der Waals surface area contributed by atoms with E-state index in [4.69, 9.17) is 4.74 Å². The number of ether oxygens (including phenoxy) is 1. The zero-order chi connectivity index (χ0) is 12.3. The summed E-state index contributed by atoms with van der Waals surface area (Å²) in [7, 11) is -2.79. The van der Waals surface area contributed by atoms with E-state index < -0.39 is 9.84 Å². The van der Waals surface area contributed by atoms with Gasteiger partial charge < -0.3 is 4.74 Å². The average molecular weight is 319 g/mol. The number of hydrogen-bond donors (Lipinski definition) is 0. The highest BCUT2D eigenvalue weighted by Gasteiger charge is 2.23. The van der Waals surface area contributed by atoms with Crippen LogP contribution in [-0.2, 0) is 21.2 Å². The fourth-order valence-corrected chi connectivity index (χ4v) is 3.54. The summed E-state index contributed by atoms with van der Waals surface area (Å²) in [5.74, 6) is 0.524. The van der Waals surface area contributed by atoms with E-state index >= 15 is 0 Å². The molecule has 2 rings (SSSR count). The second kappa shape index (κ2) is 5.50. The number of halogens is 1. The van der Waals surface area contributed by atoms with Gasteiger partial charge in [0.2, 0.25) is 0 Å². The normalized spacial score (nSPS) is 20.3. The Hall–Kier alpha value is -0.390. The molecule has 1 aliphatic heterocycles. The zero-order valence-electron chi connectivity index (χ0n) is 9.43. The lowest BCUT2D eigenvalue weighted by Crippen LogP contribution is -2.28. The summed E-state index contributed by atoms with van der Waals surface area (Å²) in [6.45, 7) is 0.554. The Bertz CT molecular complexity index is 453. The second-order valence-electron chi connectivity index (χ2n) is 4.29. The number of sulfone groups is 1. The molecule has 1 heterocycles. The highest BCUT2D eigenvalue weighted by atomic mass is 79.9. The average Bonchev–Trinajstić information content (AvgIpc) is 2.30. The number of hydrogen-bond acceptors (Lipinski definition) is 3. The summed E-state index contributed by atoms with van der Waals surface area (Å²) >= 11 is 3.38. The van der Waals surface area contributed by atoms with Crippen molar-refractivity contribution < 1.29 is 13.2 Å². The minimum atomic E-state index is -2.79. The van der Waals surface area contributed by atoms with Crippen molar-refractivity contribution in [1.29, 1.82) is 0 Å². The SMILES string of the molecule is O=S1(=O)CCC(OCc2ccc(Br)cc2)CC1. The van der Waals surface area contributed by atoms with Crippen LogP contribution in [-0.4, -0.2) is 26.0 Å². The lowest BCUT2D eigenvalue weighted by atomic mass is 10.2. The largest absolute Gasteiger partial charge is 0.373 e. The molecular formula is C12H15BrO3S. The van der Waals surface area contributed by atoms with Crippen molar-refractivity contribution in [2.45, 2.75) is 25.6 Å². The summed E-state index contributed by atoms with van der Waals surface area (Å²) in [5, 5.41) is 0. The van der Waals surface area contributed by atoms with Crippen LogP contribution in [0.4, 0.5) is 0 Å². The van der Waals surface area contributed by atoms with Crippen molar-refractivity contribution in [3.63, 3.8) is 0 Å². The first-order valence-corrected chi connectivity index (χ1v) is 8.23. The summed E-state index contributed by atoms with van der Waals surface area (Å²) in [5.41, 5.74) is 1.11. The summed E-state index contributed by atoms with van der Waals surface area (Å²) in [6.07, 6.45) is 1.33. The van der Waals surface area contributed by atoms with E-state index in [2.05, 4.69) is 15.9 Å². The molecule has 0 N–H and O–H groups in total. The van der Waals surface area contributed by atoms with Crippen LogP contribution in [0.15, 0.2) is 28.7 Å².